The van der Waals surface area contributed by atoms with E-state index in [2.05, 4.69) is 15.5 Å². The molecular weight excluding hydrogens is 314 g/mol. The Kier molecular flexibility index (Phi) is 6.56. The summed E-state index contributed by atoms with van der Waals surface area (Å²) in [5, 5.41) is 4.77. The van der Waals surface area contributed by atoms with Gasteiger partial charge in [0, 0.05) is 11.1 Å². The molecule has 0 radical (unpaired) electrons. The van der Waals surface area contributed by atoms with Crippen molar-refractivity contribution >= 4 is 28.7 Å². The Labute approximate surface area is 139 Å². The van der Waals surface area contributed by atoms with E-state index in [9.17, 15) is 4.79 Å². The third-order valence-electron chi connectivity index (χ3n) is 2.72. The molecule has 0 aliphatic heterocycles. The fourth-order valence-electron chi connectivity index (χ4n) is 1.81. The molecule has 0 unspecified atom stereocenters. The minimum atomic E-state index is -0.251. The van der Waals surface area contributed by atoms with Crippen LogP contribution in [0.4, 0.5) is 5.13 Å². The topological polar surface area (TPSA) is 72.8 Å². The molecule has 0 bridgehead atoms. The number of carbonyl (C=O) groups is 1. The average Bonchev–Trinajstić information content (AvgIpc) is 2.95. The van der Waals surface area contributed by atoms with Gasteiger partial charge in [-0.3, -0.25) is 10.2 Å². The number of benzene rings is 1. The van der Waals surface area contributed by atoms with Crippen LogP contribution >= 0.6 is 11.3 Å². The maximum absolute atomic E-state index is 11.4. The largest absolute Gasteiger partial charge is 0.494 e. The quantitative estimate of drug-likeness (QED) is 0.456. The summed E-state index contributed by atoms with van der Waals surface area (Å²) in [5.74, 6) is 0.557. The van der Waals surface area contributed by atoms with Gasteiger partial charge in [0.2, 0.25) is 5.13 Å². The molecule has 1 heterocycles. The third-order valence-corrected chi connectivity index (χ3v) is 3.62. The molecule has 0 aliphatic carbocycles. The summed E-state index contributed by atoms with van der Waals surface area (Å²) in [6.45, 7) is 4.74. The van der Waals surface area contributed by atoms with E-state index >= 15 is 0 Å². The molecule has 0 saturated carbocycles. The third kappa shape index (κ3) is 5.71. The van der Waals surface area contributed by atoms with E-state index < -0.39 is 0 Å². The SMILES string of the molecule is CCOC(=O)Cc1cnc(N/N=C/c2cccc(OCC)c2)s1. The molecule has 0 saturated heterocycles. The Hall–Kier alpha value is -2.41. The zero-order valence-electron chi connectivity index (χ0n) is 13.1. The molecule has 0 amide bonds. The Morgan fingerprint density at radius 3 is 3.04 bits per heavy atom. The first-order chi connectivity index (χ1) is 11.2. The van der Waals surface area contributed by atoms with Crippen molar-refractivity contribution in [1.82, 2.24) is 4.98 Å². The minimum Gasteiger partial charge on any atom is -0.494 e. The molecule has 1 aromatic carbocycles. The van der Waals surface area contributed by atoms with Crippen molar-refractivity contribution in [1.29, 1.82) is 0 Å². The first-order valence-electron chi connectivity index (χ1n) is 7.33. The Morgan fingerprint density at radius 1 is 1.39 bits per heavy atom. The molecule has 1 N–H and O–H groups in total. The van der Waals surface area contributed by atoms with Gasteiger partial charge in [-0.1, -0.05) is 23.5 Å². The van der Waals surface area contributed by atoms with Gasteiger partial charge in [-0.05, 0) is 31.5 Å². The summed E-state index contributed by atoms with van der Waals surface area (Å²) in [5.41, 5.74) is 3.78. The van der Waals surface area contributed by atoms with E-state index in [1.54, 1.807) is 19.3 Å². The predicted molar refractivity (Wildman–Crippen MR) is 91.3 cm³/mol. The second-order valence-electron chi connectivity index (χ2n) is 4.49. The van der Waals surface area contributed by atoms with E-state index in [-0.39, 0.29) is 12.4 Å². The number of ether oxygens (including phenoxy) is 2. The number of nitrogens with one attached hydrogen (secondary N) is 1. The fraction of sp³-hybridized carbons (Fsp3) is 0.312. The normalized spacial score (nSPS) is 10.7. The highest BCUT2D eigenvalue weighted by Crippen LogP contribution is 2.19. The standard InChI is InChI=1S/C16H19N3O3S/c1-3-21-13-7-5-6-12(8-13)10-18-19-16-17-11-14(23-16)9-15(20)22-4-2/h5-8,10-11H,3-4,9H2,1-2H3,(H,17,19)/b18-10+. The van der Waals surface area contributed by atoms with Crippen molar-refractivity contribution < 1.29 is 14.3 Å². The van der Waals surface area contributed by atoms with Crippen LogP contribution in [0, 0.1) is 0 Å². The summed E-state index contributed by atoms with van der Waals surface area (Å²) in [4.78, 5) is 16.4. The van der Waals surface area contributed by atoms with E-state index in [0.717, 1.165) is 16.2 Å². The minimum absolute atomic E-state index is 0.229. The zero-order chi connectivity index (χ0) is 16.5. The highest BCUT2D eigenvalue weighted by molar-refractivity contribution is 7.15. The number of hydrogen-bond acceptors (Lipinski definition) is 7. The van der Waals surface area contributed by atoms with Crippen LogP contribution in [0.1, 0.15) is 24.3 Å². The van der Waals surface area contributed by atoms with E-state index in [0.29, 0.717) is 18.3 Å². The highest BCUT2D eigenvalue weighted by Gasteiger charge is 2.07. The molecular formula is C16H19N3O3S. The van der Waals surface area contributed by atoms with Gasteiger partial charge in [-0.2, -0.15) is 5.10 Å². The summed E-state index contributed by atoms with van der Waals surface area (Å²) in [7, 11) is 0. The second kappa shape index (κ2) is 8.89. The van der Waals surface area contributed by atoms with Gasteiger partial charge < -0.3 is 9.47 Å². The van der Waals surface area contributed by atoms with Gasteiger partial charge in [0.1, 0.15) is 5.75 Å². The summed E-state index contributed by atoms with van der Waals surface area (Å²) in [6, 6.07) is 7.65. The van der Waals surface area contributed by atoms with Crippen LogP contribution in [0.15, 0.2) is 35.6 Å². The van der Waals surface area contributed by atoms with Gasteiger partial charge in [-0.25, -0.2) is 4.98 Å². The van der Waals surface area contributed by atoms with Gasteiger partial charge >= 0.3 is 5.97 Å². The summed E-state index contributed by atoms with van der Waals surface area (Å²) in [6.07, 6.45) is 3.57. The van der Waals surface area contributed by atoms with Crippen LogP contribution < -0.4 is 10.2 Å². The number of aromatic nitrogens is 1. The van der Waals surface area contributed by atoms with Crippen LogP contribution in [0.2, 0.25) is 0 Å². The smallest absolute Gasteiger partial charge is 0.311 e. The van der Waals surface area contributed by atoms with Crippen LogP contribution in [0.3, 0.4) is 0 Å². The first kappa shape index (κ1) is 17.0. The molecule has 122 valence electrons. The van der Waals surface area contributed by atoms with Crippen LogP contribution in [0.25, 0.3) is 0 Å². The number of carbonyl (C=O) groups excluding carboxylic acids is 1. The molecule has 0 atom stereocenters. The lowest BCUT2D eigenvalue weighted by molar-refractivity contribution is -0.142. The van der Waals surface area contributed by atoms with Gasteiger partial charge in [0.25, 0.3) is 0 Å². The highest BCUT2D eigenvalue weighted by atomic mass is 32.1. The maximum atomic E-state index is 11.4. The number of rotatable bonds is 8. The van der Waals surface area contributed by atoms with Crippen molar-refractivity contribution in [2.45, 2.75) is 20.3 Å². The number of nitrogens with zero attached hydrogens (tertiary/aromatic N) is 2. The lowest BCUT2D eigenvalue weighted by Crippen LogP contribution is -2.06. The molecule has 6 nitrogen and oxygen atoms in total. The van der Waals surface area contributed by atoms with E-state index in [4.69, 9.17) is 9.47 Å². The molecule has 7 heteroatoms. The molecule has 0 spiro atoms. The fourth-order valence-corrected chi connectivity index (χ4v) is 2.56. The average molecular weight is 333 g/mol. The second-order valence-corrected chi connectivity index (χ2v) is 5.60. The van der Waals surface area contributed by atoms with Crippen LogP contribution in [-0.2, 0) is 16.0 Å². The summed E-state index contributed by atoms with van der Waals surface area (Å²) >= 11 is 1.37. The number of hydrogen-bond donors (Lipinski definition) is 1. The van der Waals surface area contributed by atoms with Gasteiger partial charge in [0.15, 0.2) is 0 Å². The first-order valence-corrected chi connectivity index (χ1v) is 8.15. The lowest BCUT2D eigenvalue weighted by Gasteiger charge is -2.02. The number of thiazole rings is 1. The Bertz CT molecular complexity index is 670. The predicted octanol–water partition coefficient (Wildman–Crippen LogP) is 3.09. The van der Waals surface area contributed by atoms with Crippen molar-refractivity contribution in [3.63, 3.8) is 0 Å². The van der Waals surface area contributed by atoms with Crippen molar-refractivity contribution in [2.24, 2.45) is 5.10 Å². The number of esters is 1. The van der Waals surface area contributed by atoms with Crippen molar-refractivity contribution in [3.8, 4) is 5.75 Å². The lowest BCUT2D eigenvalue weighted by atomic mass is 10.2. The van der Waals surface area contributed by atoms with Crippen LogP contribution in [0.5, 0.6) is 5.75 Å². The van der Waals surface area contributed by atoms with E-state index in [1.165, 1.54) is 11.3 Å². The summed E-state index contributed by atoms with van der Waals surface area (Å²) < 4.78 is 10.3. The van der Waals surface area contributed by atoms with Crippen LogP contribution in [-0.4, -0.2) is 30.4 Å². The molecule has 0 fully saturated rings. The van der Waals surface area contributed by atoms with Crippen molar-refractivity contribution in [3.05, 3.63) is 40.9 Å². The zero-order valence-corrected chi connectivity index (χ0v) is 13.9. The molecule has 0 aliphatic rings. The van der Waals surface area contributed by atoms with Crippen molar-refractivity contribution in [2.75, 3.05) is 18.6 Å². The van der Waals surface area contributed by atoms with E-state index in [1.807, 2.05) is 31.2 Å². The molecule has 23 heavy (non-hydrogen) atoms. The molecule has 2 aromatic rings. The Morgan fingerprint density at radius 2 is 2.26 bits per heavy atom. The maximum Gasteiger partial charge on any atom is 0.311 e. The number of hydrazone groups is 1. The van der Waals surface area contributed by atoms with Gasteiger partial charge in [0.05, 0.1) is 25.8 Å². The monoisotopic (exact) mass is 333 g/mol. The number of anilines is 1. The molecule has 1 aromatic heterocycles. The van der Waals surface area contributed by atoms with Gasteiger partial charge in [-0.15, -0.1) is 0 Å². The Balaban J connectivity index is 1.89. The molecule has 2 rings (SSSR count).